The third kappa shape index (κ3) is 11.9. The van der Waals surface area contributed by atoms with Gasteiger partial charge in [0.25, 0.3) is 0 Å². The van der Waals surface area contributed by atoms with Crippen LogP contribution in [0.3, 0.4) is 0 Å². The van der Waals surface area contributed by atoms with Crippen LogP contribution in [-0.2, 0) is 52.2 Å². The summed E-state index contributed by atoms with van der Waals surface area (Å²) in [7, 11) is 6.84. The van der Waals surface area contributed by atoms with Crippen LogP contribution in [0.25, 0.3) is 0 Å². The number of methoxy groups -OCH3 is 2. The van der Waals surface area contributed by atoms with Crippen LogP contribution in [0.2, 0.25) is 0 Å². The predicted octanol–water partition coefficient (Wildman–Crippen LogP) is 5.04. The fourth-order valence-electron chi connectivity index (χ4n) is 11.7. The van der Waals surface area contributed by atoms with E-state index < -0.39 is 114 Å². The van der Waals surface area contributed by atoms with Gasteiger partial charge in [-0.25, -0.2) is 9.59 Å². The number of hydrogen-bond acceptors (Lipinski definition) is 17. The number of aliphatic hydroxyl groups excluding tert-OH is 1. The lowest BCUT2D eigenvalue weighted by Gasteiger charge is -2.50. The normalized spacial score (nSPS) is 41.7. The van der Waals surface area contributed by atoms with E-state index in [1.165, 1.54) is 14.2 Å². The number of nitrogens with one attached hydrogen (secondary N) is 3. The Hall–Kier alpha value is -3.66. The summed E-state index contributed by atoms with van der Waals surface area (Å²) in [5.41, 5.74) is -2.73. The van der Waals surface area contributed by atoms with Crippen LogP contribution < -0.4 is 20.7 Å². The van der Waals surface area contributed by atoms with E-state index in [4.69, 9.17) is 47.4 Å². The Bertz CT molecular complexity index is 1960. The molecule has 18 unspecified atom stereocenters. The monoisotopic (exact) mass is 991 g/mol. The minimum absolute atomic E-state index is 0.0728. The van der Waals surface area contributed by atoms with Gasteiger partial charge in [-0.05, 0) is 81.0 Å². The van der Waals surface area contributed by atoms with Gasteiger partial charge in [0.1, 0.15) is 29.3 Å². The number of fused-ring (bicyclic) bond motifs is 2. The molecule has 0 radical (unpaired) electrons. The first kappa shape index (κ1) is 55.7. The molecule has 0 spiro atoms. The van der Waals surface area contributed by atoms with Crippen LogP contribution >= 0.6 is 0 Å². The number of esters is 1. The Morgan fingerprint density at radius 2 is 1.60 bits per heavy atom. The molecule has 1 aromatic rings. The highest BCUT2D eigenvalue weighted by molar-refractivity contribution is 5.85. The third-order valence-corrected chi connectivity index (χ3v) is 15.8. The molecule has 0 bridgehead atoms. The molecular formula is C51H82N4O15. The summed E-state index contributed by atoms with van der Waals surface area (Å²) in [5, 5.41) is 21.0. The number of benzene rings is 1. The number of ether oxygens (including phenoxy) is 10. The van der Waals surface area contributed by atoms with Crippen molar-refractivity contribution in [3.8, 4) is 5.75 Å². The van der Waals surface area contributed by atoms with E-state index in [0.717, 1.165) is 17.7 Å². The maximum atomic E-state index is 14.8. The largest absolute Gasteiger partial charge is 0.493 e. The third-order valence-electron chi connectivity index (χ3n) is 15.8. The number of Topliss-reactive ketones (excluding diaryl/α,β-unsaturated/α-hetero) is 1. The molecule has 5 aliphatic heterocycles. The quantitative estimate of drug-likeness (QED) is 0.116. The lowest BCUT2D eigenvalue weighted by atomic mass is 9.73. The van der Waals surface area contributed by atoms with Crippen LogP contribution in [-0.4, -0.2) is 166 Å². The number of rotatable bonds is 13. The van der Waals surface area contributed by atoms with E-state index in [-0.39, 0.29) is 43.2 Å². The average Bonchev–Trinajstić information content (AvgIpc) is 3.64. The first-order valence-corrected chi connectivity index (χ1v) is 25.2. The van der Waals surface area contributed by atoms with E-state index in [9.17, 15) is 24.3 Å². The van der Waals surface area contributed by atoms with E-state index in [1.54, 1.807) is 27.7 Å². The van der Waals surface area contributed by atoms with Crippen molar-refractivity contribution in [2.24, 2.45) is 23.7 Å². The summed E-state index contributed by atoms with van der Waals surface area (Å²) in [6, 6.07) is 6.85. The minimum atomic E-state index is -1.40. The lowest BCUT2D eigenvalue weighted by Crippen LogP contribution is -2.62. The minimum Gasteiger partial charge on any atom is -0.493 e. The van der Waals surface area contributed by atoms with Gasteiger partial charge < -0.3 is 73.3 Å². The molecule has 4 saturated heterocycles. The van der Waals surface area contributed by atoms with Crippen LogP contribution in [0.4, 0.5) is 9.59 Å². The maximum absolute atomic E-state index is 14.8. The molecule has 70 heavy (non-hydrogen) atoms. The van der Waals surface area contributed by atoms with Crippen LogP contribution in [0.15, 0.2) is 24.3 Å². The van der Waals surface area contributed by atoms with Gasteiger partial charge in [0.05, 0.1) is 48.6 Å². The van der Waals surface area contributed by atoms with Crippen molar-refractivity contribution < 1.29 is 71.7 Å². The Morgan fingerprint density at radius 1 is 0.914 bits per heavy atom. The molecule has 0 saturated carbocycles. The predicted molar refractivity (Wildman–Crippen MR) is 256 cm³/mol. The number of amides is 2. The number of likely N-dealkylation sites (N-methyl/N-ethyl adjacent to an activating group) is 1. The summed E-state index contributed by atoms with van der Waals surface area (Å²) in [5.74, 6) is -3.15. The summed E-state index contributed by atoms with van der Waals surface area (Å²) in [4.78, 5) is 57.6. The number of aliphatic hydroxyl groups is 1. The zero-order valence-corrected chi connectivity index (χ0v) is 43.8. The number of nitrogens with zero attached hydrogens (tertiary/aromatic N) is 1. The van der Waals surface area contributed by atoms with Crippen molar-refractivity contribution in [1.82, 2.24) is 20.9 Å². The van der Waals surface area contributed by atoms with Crippen molar-refractivity contribution in [1.29, 1.82) is 0 Å². The van der Waals surface area contributed by atoms with Crippen LogP contribution in [0.1, 0.15) is 113 Å². The molecule has 19 heteroatoms. The number of para-hydroxylation sites is 1. The molecule has 6 rings (SSSR count). The number of carbonyl (C=O) groups is 4. The van der Waals surface area contributed by atoms with Crippen molar-refractivity contribution in [3.05, 3.63) is 29.8 Å². The number of hydrogen-bond donors (Lipinski definition) is 4. The number of carbonyl (C=O) groups excluding carboxylic acids is 4. The van der Waals surface area contributed by atoms with E-state index >= 15 is 0 Å². The molecule has 5 heterocycles. The molecular weight excluding hydrogens is 909 g/mol. The van der Waals surface area contributed by atoms with Gasteiger partial charge in [-0.2, -0.15) is 0 Å². The van der Waals surface area contributed by atoms with Gasteiger partial charge in [-0.3, -0.25) is 9.59 Å². The molecule has 1 aromatic carbocycles. The highest BCUT2D eigenvalue weighted by atomic mass is 16.7. The smallest absolute Gasteiger partial charge is 0.408 e. The topological polar surface area (TPSA) is 220 Å². The number of cyclic esters (lactones) is 1. The van der Waals surface area contributed by atoms with Crippen LogP contribution in [0.5, 0.6) is 5.75 Å². The van der Waals surface area contributed by atoms with Gasteiger partial charge >= 0.3 is 18.2 Å². The Labute approximate surface area is 414 Å². The van der Waals surface area contributed by atoms with Crippen molar-refractivity contribution in [2.75, 3.05) is 48.0 Å². The zero-order valence-electron chi connectivity index (χ0n) is 43.8. The lowest BCUT2D eigenvalue weighted by molar-refractivity contribution is -0.319. The average molecular weight is 991 g/mol. The highest BCUT2D eigenvalue weighted by Gasteiger charge is 2.58. The summed E-state index contributed by atoms with van der Waals surface area (Å²) in [6.45, 7) is 19.3. The Kier molecular flexibility index (Phi) is 18.3. The standard InChI is InChI=1S/C51H82N4O15/c1-15-37-51(10)42(54-48(60)70-51)29(4)39(56)27(2)25-49(8,61-13)43(68-46-40(57)35(55(11)12)24-28(3)64-46)30(5)41(31(6)45(58)66-37)67-38-26-50(9,62-14)44(32(7)65-38)69-47(59)53-22-21-52-34-20-23-63-36-19-17-16-18-33(34)36/h16-19,27-32,34-35,37-38,40-44,46,52,57H,15,20-26H2,1-14H3,(H,53,59)(H,54,60)/t27?,28?,29?,30?,31?,32?,34?,35?,37-,38?,40?,41?,42?,43?,44?,46?,49?,50?,51?/m1/s1. The van der Waals surface area contributed by atoms with Crippen LogP contribution in [0, 0.1) is 23.7 Å². The van der Waals surface area contributed by atoms with Crippen molar-refractivity contribution in [2.45, 2.75) is 192 Å². The van der Waals surface area contributed by atoms with Crippen molar-refractivity contribution in [3.63, 3.8) is 0 Å². The highest BCUT2D eigenvalue weighted by Crippen LogP contribution is 2.43. The van der Waals surface area contributed by atoms with Gasteiger partial charge in [0.15, 0.2) is 24.3 Å². The SMILES string of the molecule is CC[C@H]1OC(=O)C(C)C(OC2CC(C)(OC)C(OC(=O)NCCNC3CCOc4ccccc43)C(C)O2)C(C)C(OC2OC(C)CC(N(C)C)C2O)C(C)(OC)CC(C)C(=O)C(C)C2NC(=O)OC21C. The Balaban J connectivity index is 1.28. The van der Waals surface area contributed by atoms with Gasteiger partial charge in [-0.15, -0.1) is 0 Å². The van der Waals surface area contributed by atoms with Gasteiger partial charge in [0, 0.05) is 75.6 Å². The van der Waals surface area contributed by atoms with Crippen molar-refractivity contribution >= 4 is 23.9 Å². The summed E-state index contributed by atoms with van der Waals surface area (Å²) in [6.07, 6.45) is -7.69. The fraction of sp³-hybridized carbons (Fsp3) is 0.804. The molecule has 2 amide bonds. The molecule has 4 N–H and O–H groups in total. The first-order chi connectivity index (χ1) is 33.0. The second-order valence-corrected chi connectivity index (χ2v) is 21.1. The van der Waals surface area contributed by atoms with E-state index in [1.807, 2.05) is 84.8 Å². The molecule has 19 nitrogen and oxygen atoms in total. The maximum Gasteiger partial charge on any atom is 0.408 e. The molecule has 396 valence electrons. The Morgan fingerprint density at radius 3 is 2.27 bits per heavy atom. The fourth-order valence-corrected chi connectivity index (χ4v) is 11.7. The molecule has 0 aromatic heterocycles. The molecule has 19 atom stereocenters. The first-order valence-electron chi connectivity index (χ1n) is 25.2. The second-order valence-electron chi connectivity index (χ2n) is 21.1. The zero-order chi connectivity index (χ0) is 51.5. The van der Waals surface area contributed by atoms with Gasteiger partial charge in [0.2, 0.25) is 0 Å². The molecule has 4 fully saturated rings. The van der Waals surface area contributed by atoms with E-state index in [2.05, 4.69) is 16.0 Å². The molecule has 0 aliphatic carbocycles. The number of alkyl carbamates (subject to hydrolysis) is 2. The number of ketones is 1. The molecule has 5 aliphatic rings. The van der Waals surface area contributed by atoms with E-state index in [0.29, 0.717) is 26.1 Å². The summed E-state index contributed by atoms with van der Waals surface area (Å²) >= 11 is 0. The van der Waals surface area contributed by atoms with Gasteiger partial charge in [-0.1, -0.05) is 45.9 Å². The summed E-state index contributed by atoms with van der Waals surface area (Å²) < 4.78 is 63.5. The second kappa shape index (κ2) is 23.0.